The van der Waals surface area contributed by atoms with E-state index in [1.165, 1.54) is 0 Å². The first-order valence-electron chi connectivity index (χ1n) is 9.28. The number of halogens is 3. The van der Waals surface area contributed by atoms with Gasteiger partial charge in [-0.2, -0.15) is 0 Å². The number of carbonyl (C=O) groups is 2. The summed E-state index contributed by atoms with van der Waals surface area (Å²) in [6, 6.07) is 0. The van der Waals surface area contributed by atoms with Gasteiger partial charge in [-0.1, -0.05) is 0 Å². The number of aliphatic hydroxyl groups excluding tert-OH is 6. The quantitative estimate of drug-likeness (QED) is 0.0658. The molecule has 0 bridgehead atoms. The van der Waals surface area contributed by atoms with Crippen LogP contribution in [0.25, 0.3) is 0 Å². The average Bonchev–Trinajstić information content (AvgIpc) is 2.79. The molecule has 0 fully saturated rings. The van der Waals surface area contributed by atoms with Crippen molar-refractivity contribution < 1.29 is 40.2 Å². The maximum absolute atomic E-state index is 12.9. The molecule has 1 rings (SSSR count). The minimum Gasteiger partial charge on any atom is -0.394 e. The minimum absolute atomic E-state index is 0.0276. The van der Waals surface area contributed by atoms with E-state index in [4.69, 9.17) is 15.3 Å². The van der Waals surface area contributed by atoms with E-state index in [9.17, 15) is 29.8 Å². The Bertz CT molecular complexity index is 809. The topological polar surface area (TPSA) is 212 Å². The van der Waals surface area contributed by atoms with Gasteiger partial charge in [-0.3, -0.25) is 9.59 Å². The van der Waals surface area contributed by atoms with E-state index in [0.29, 0.717) is 0 Å². The molecule has 1 aromatic rings. The highest BCUT2D eigenvalue weighted by Crippen LogP contribution is 2.38. The standard InChI is InChI=1S/C17H23I3N4O9/c18-12-10(16(31)21-1-7(28)4-25)13(19)15(24(23-33)3-9(30)6-27)14(20)11(12)17(32)22-2-8(29)5-26/h7-9,25-30H,1-6H2,(H,21,31)(H,22,32). The number of anilines is 1. The van der Waals surface area contributed by atoms with E-state index in [1.807, 2.05) is 0 Å². The first-order chi connectivity index (χ1) is 15.5. The molecule has 0 spiro atoms. The van der Waals surface area contributed by atoms with Gasteiger partial charge < -0.3 is 41.3 Å². The molecule has 0 aliphatic heterocycles. The molecule has 0 saturated carbocycles. The van der Waals surface area contributed by atoms with E-state index in [2.05, 4.69) is 15.9 Å². The Balaban J connectivity index is 3.64. The van der Waals surface area contributed by atoms with Gasteiger partial charge in [0.2, 0.25) is 0 Å². The molecule has 0 heterocycles. The molecule has 16 heteroatoms. The van der Waals surface area contributed by atoms with Crippen LogP contribution in [0.1, 0.15) is 20.7 Å². The van der Waals surface area contributed by atoms with E-state index < -0.39 is 56.5 Å². The lowest BCUT2D eigenvalue weighted by atomic mass is 10.1. The highest BCUT2D eigenvalue weighted by molar-refractivity contribution is 14.1. The normalized spacial score (nSPS) is 13.7. The van der Waals surface area contributed by atoms with Gasteiger partial charge in [0.25, 0.3) is 11.8 Å². The third-order valence-electron chi connectivity index (χ3n) is 4.12. The van der Waals surface area contributed by atoms with Crippen LogP contribution in [-0.2, 0) is 0 Å². The first kappa shape index (κ1) is 30.5. The van der Waals surface area contributed by atoms with Crippen molar-refractivity contribution in [1.82, 2.24) is 10.6 Å². The number of benzene rings is 1. The van der Waals surface area contributed by atoms with Crippen LogP contribution in [0.5, 0.6) is 0 Å². The number of hydrogen-bond donors (Lipinski definition) is 8. The summed E-state index contributed by atoms with van der Waals surface area (Å²) in [6.07, 6.45) is -3.78. The van der Waals surface area contributed by atoms with Crippen LogP contribution in [-0.4, -0.2) is 100 Å². The summed E-state index contributed by atoms with van der Waals surface area (Å²) in [5, 5.41) is 64.5. The molecule has 2 amide bonds. The van der Waals surface area contributed by atoms with Crippen molar-refractivity contribution in [2.75, 3.05) is 44.5 Å². The van der Waals surface area contributed by atoms with E-state index in [-0.39, 0.29) is 40.6 Å². The summed E-state index contributed by atoms with van der Waals surface area (Å²) in [7, 11) is 0. The number of nitrogens with one attached hydrogen (secondary N) is 2. The van der Waals surface area contributed by atoms with Crippen LogP contribution in [0.3, 0.4) is 0 Å². The van der Waals surface area contributed by atoms with Gasteiger partial charge in [0.15, 0.2) is 0 Å². The Hall–Kier alpha value is -0.490. The van der Waals surface area contributed by atoms with Gasteiger partial charge in [0, 0.05) is 16.7 Å². The summed E-state index contributed by atoms with van der Waals surface area (Å²) in [5.41, 5.74) is -0.0340. The van der Waals surface area contributed by atoms with Crippen LogP contribution in [0.4, 0.5) is 5.69 Å². The Morgan fingerprint density at radius 1 is 0.788 bits per heavy atom. The SMILES string of the molecule is O=NN(CC(O)CO)c1c(I)c(C(=O)NCC(O)CO)c(I)c(C(=O)NCC(O)CO)c1I. The maximum Gasteiger partial charge on any atom is 0.253 e. The third-order valence-corrected chi connectivity index (χ3v) is 7.30. The Morgan fingerprint density at radius 2 is 1.18 bits per heavy atom. The fourth-order valence-electron chi connectivity index (χ4n) is 2.43. The molecule has 1 aromatic carbocycles. The maximum atomic E-state index is 12.9. The van der Waals surface area contributed by atoms with Gasteiger partial charge in [-0.05, 0) is 67.8 Å². The molecule has 8 N–H and O–H groups in total. The zero-order valence-electron chi connectivity index (χ0n) is 16.9. The molecule has 0 aliphatic rings. The smallest absolute Gasteiger partial charge is 0.253 e. The zero-order chi connectivity index (χ0) is 25.3. The third kappa shape index (κ3) is 8.30. The molecule has 0 radical (unpaired) electrons. The Morgan fingerprint density at radius 3 is 1.52 bits per heavy atom. The van der Waals surface area contributed by atoms with Crippen molar-refractivity contribution in [1.29, 1.82) is 0 Å². The molecule has 33 heavy (non-hydrogen) atoms. The molecular weight excluding hydrogens is 785 g/mol. The van der Waals surface area contributed by atoms with Gasteiger partial charge >= 0.3 is 0 Å². The van der Waals surface area contributed by atoms with Crippen molar-refractivity contribution in [3.05, 3.63) is 26.7 Å². The lowest BCUT2D eigenvalue weighted by molar-refractivity contribution is 0.0798. The number of nitrogens with zero attached hydrogens (tertiary/aromatic N) is 2. The fraction of sp³-hybridized carbons (Fsp3) is 0.529. The number of nitroso groups, excluding NO2 is 1. The molecule has 13 nitrogen and oxygen atoms in total. The Kier molecular flexibility index (Phi) is 13.7. The monoisotopic (exact) mass is 808 g/mol. The summed E-state index contributed by atoms with van der Waals surface area (Å²) in [6.45, 7) is -2.84. The molecule has 0 saturated heterocycles. The highest BCUT2D eigenvalue weighted by Gasteiger charge is 2.31. The second kappa shape index (κ2) is 14.8. The average molecular weight is 808 g/mol. The predicted molar refractivity (Wildman–Crippen MR) is 142 cm³/mol. The van der Waals surface area contributed by atoms with Crippen molar-refractivity contribution in [2.45, 2.75) is 18.3 Å². The van der Waals surface area contributed by atoms with Crippen LogP contribution >= 0.6 is 67.8 Å². The molecule has 3 unspecified atom stereocenters. The minimum atomic E-state index is -1.34. The lowest BCUT2D eigenvalue weighted by Gasteiger charge is -2.25. The second-order valence-corrected chi connectivity index (χ2v) is 9.87. The number of hydrogen-bond acceptors (Lipinski definition) is 10. The van der Waals surface area contributed by atoms with Crippen LogP contribution in [0.15, 0.2) is 5.29 Å². The van der Waals surface area contributed by atoms with Crippen LogP contribution in [0.2, 0.25) is 0 Å². The van der Waals surface area contributed by atoms with E-state index in [1.54, 1.807) is 67.8 Å². The molecule has 0 aromatic heterocycles. The van der Waals surface area contributed by atoms with E-state index in [0.717, 1.165) is 5.01 Å². The summed E-state index contributed by atoms with van der Waals surface area (Å²) in [4.78, 5) is 37.4. The van der Waals surface area contributed by atoms with Crippen LogP contribution < -0.4 is 15.6 Å². The van der Waals surface area contributed by atoms with E-state index >= 15 is 0 Å². The van der Waals surface area contributed by atoms with Crippen LogP contribution in [0, 0.1) is 15.6 Å². The lowest BCUT2D eigenvalue weighted by Crippen LogP contribution is -2.38. The highest BCUT2D eigenvalue weighted by atomic mass is 127. The second-order valence-electron chi connectivity index (χ2n) is 6.63. The molecule has 186 valence electrons. The van der Waals surface area contributed by atoms with Gasteiger partial charge in [0.1, 0.15) is 0 Å². The number of aliphatic hydroxyl groups is 6. The summed E-state index contributed by atoms with van der Waals surface area (Å²) in [5.74, 6) is -1.43. The first-order valence-corrected chi connectivity index (χ1v) is 12.5. The van der Waals surface area contributed by atoms with Crippen molar-refractivity contribution in [2.24, 2.45) is 5.29 Å². The van der Waals surface area contributed by atoms with Crippen molar-refractivity contribution in [3.8, 4) is 0 Å². The summed E-state index contributed by atoms with van der Waals surface area (Å²) < 4.78 is 0.592. The number of amides is 2. The summed E-state index contributed by atoms with van der Waals surface area (Å²) >= 11 is 5.32. The molecular formula is C17H23I3N4O9. The number of carbonyl (C=O) groups excluding carboxylic acids is 2. The van der Waals surface area contributed by atoms with Crippen molar-refractivity contribution in [3.63, 3.8) is 0 Å². The van der Waals surface area contributed by atoms with Gasteiger partial charge in [-0.15, -0.1) is 4.91 Å². The van der Waals surface area contributed by atoms with Gasteiger partial charge in [-0.25, -0.2) is 5.01 Å². The van der Waals surface area contributed by atoms with Crippen molar-refractivity contribution >= 4 is 85.3 Å². The zero-order valence-corrected chi connectivity index (χ0v) is 23.4. The predicted octanol–water partition coefficient (Wildman–Crippen LogP) is -1.49. The largest absolute Gasteiger partial charge is 0.394 e. The molecule has 0 aliphatic carbocycles. The Labute approximate surface area is 229 Å². The number of rotatable bonds is 13. The van der Waals surface area contributed by atoms with Gasteiger partial charge in [0.05, 0.1) is 73.9 Å². The molecule has 3 atom stereocenters. The fourth-order valence-corrected chi connectivity index (χ4v) is 7.13.